The number of hydrogen-bond acceptors (Lipinski definition) is 6. The Kier molecular flexibility index (Phi) is 35.5. The number of carboxylic acid groups (broad SMARTS) is 1. The van der Waals surface area contributed by atoms with Crippen molar-refractivity contribution in [1.82, 2.24) is 0 Å². The van der Waals surface area contributed by atoms with E-state index in [0.717, 1.165) is 89.9 Å². The van der Waals surface area contributed by atoms with Gasteiger partial charge in [-0.2, -0.15) is 0 Å². The van der Waals surface area contributed by atoms with E-state index in [1.165, 1.54) is 32.1 Å². The summed E-state index contributed by atoms with van der Waals surface area (Å²) in [5, 5.41) is 9.61. The molecule has 0 aromatic heterocycles. The normalized spacial score (nSPS) is 13.7. The molecule has 0 aliphatic heterocycles. The van der Waals surface area contributed by atoms with Crippen molar-refractivity contribution < 1.29 is 38.2 Å². The van der Waals surface area contributed by atoms with Crippen molar-refractivity contribution in [3.8, 4) is 0 Å². The van der Waals surface area contributed by atoms with Crippen LogP contribution in [0.3, 0.4) is 0 Å². The van der Waals surface area contributed by atoms with Crippen molar-refractivity contribution >= 4 is 17.9 Å². The summed E-state index contributed by atoms with van der Waals surface area (Å²) >= 11 is 0. The van der Waals surface area contributed by atoms with Gasteiger partial charge in [-0.1, -0.05) is 125 Å². The highest BCUT2D eigenvalue weighted by atomic mass is 16.6. The van der Waals surface area contributed by atoms with Crippen LogP contribution in [0.1, 0.15) is 155 Å². The lowest BCUT2D eigenvalue weighted by Gasteiger charge is -2.31. The maximum absolute atomic E-state index is 12.7. The van der Waals surface area contributed by atoms with Crippen LogP contribution in [-0.2, 0) is 28.6 Å². The maximum Gasteiger partial charge on any atom is 0.362 e. The van der Waals surface area contributed by atoms with Gasteiger partial charge in [0.25, 0.3) is 0 Å². The number of likely N-dealkylation sites (N-methyl/N-ethyl adjacent to an activating group) is 1. The Labute approximate surface area is 336 Å². The van der Waals surface area contributed by atoms with Crippen LogP contribution in [0.15, 0.2) is 72.9 Å². The summed E-state index contributed by atoms with van der Waals surface area (Å²) in [5.41, 5.74) is 0. The molecule has 0 bridgehead atoms. The highest BCUT2D eigenvalue weighted by Gasteiger charge is 2.31. The zero-order chi connectivity index (χ0) is 40.7. The topological polar surface area (TPSA) is 99.1 Å². The molecular formula is C47H80NO7+. The van der Waals surface area contributed by atoms with E-state index in [-0.39, 0.29) is 42.7 Å². The average molecular weight is 771 g/mol. The predicted molar refractivity (Wildman–Crippen MR) is 229 cm³/mol. The lowest BCUT2D eigenvalue weighted by molar-refractivity contribution is -0.887. The van der Waals surface area contributed by atoms with E-state index in [1.807, 2.05) is 21.1 Å². The summed E-state index contributed by atoms with van der Waals surface area (Å²) < 4.78 is 17.2. The quantitative estimate of drug-likeness (QED) is 0.0291. The number of ether oxygens (including phenoxy) is 3. The Morgan fingerprint density at radius 2 is 1.02 bits per heavy atom. The molecule has 314 valence electrons. The molecule has 0 rings (SSSR count). The van der Waals surface area contributed by atoms with Crippen molar-refractivity contribution in [1.29, 1.82) is 0 Å². The molecule has 8 heteroatoms. The first-order chi connectivity index (χ1) is 26.6. The van der Waals surface area contributed by atoms with Crippen LogP contribution in [0.4, 0.5) is 0 Å². The van der Waals surface area contributed by atoms with Gasteiger partial charge in [-0.05, 0) is 83.5 Å². The first-order valence-corrected chi connectivity index (χ1v) is 21.5. The number of carboxylic acids is 1. The standard InChI is InChI=1S/C47H79NO7/c1-6-8-10-12-14-16-18-20-21-22-23-24-25-26-28-30-32-34-36-38-46(50)55-43(41-53-40-39-44(47(51)52)48(3,4)5)42-54-45(49)37-35-33-31-29-27-19-17-15-13-11-9-7-2/h8,10,14-17,20-21,23-24,26,28,43-44H,6-7,9,11-13,18-19,22,25,27,29-42H2,1-5H3/p+1/b10-8+,16-14+,17-15+,21-20+,24-23+,28-26+. The molecule has 0 fully saturated rings. The van der Waals surface area contributed by atoms with Crippen molar-refractivity contribution in [2.45, 2.75) is 167 Å². The van der Waals surface area contributed by atoms with Gasteiger partial charge in [0, 0.05) is 19.3 Å². The Balaban J connectivity index is 4.45. The molecule has 2 unspecified atom stereocenters. The van der Waals surface area contributed by atoms with Crippen LogP contribution in [0.2, 0.25) is 0 Å². The Morgan fingerprint density at radius 1 is 0.564 bits per heavy atom. The summed E-state index contributed by atoms with van der Waals surface area (Å²) in [6.07, 6.45) is 46.6. The second-order valence-electron chi connectivity index (χ2n) is 15.2. The average Bonchev–Trinajstić information content (AvgIpc) is 3.14. The van der Waals surface area contributed by atoms with E-state index in [0.29, 0.717) is 12.8 Å². The van der Waals surface area contributed by atoms with E-state index >= 15 is 0 Å². The van der Waals surface area contributed by atoms with Crippen molar-refractivity contribution in [3.05, 3.63) is 72.9 Å². The predicted octanol–water partition coefficient (Wildman–Crippen LogP) is 11.6. The summed E-state index contributed by atoms with van der Waals surface area (Å²) in [4.78, 5) is 36.9. The fraction of sp³-hybridized carbons (Fsp3) is 0.681. The highest BCUT2D eigenvalue weighted by molar-refractivity contribution is 5.72. The van der Waals surface area contributed by atoms with Crippen LogP contribution in [0.25, 0.3) is 0 Å². The van der Waals surface area contributed by atoms with Gasteiger partial charge < -0.3 is 23.8 Å². The lowest BCUT2D eigenvalue weighted by atomic mass is 10.1. The van der Waals surface area contributed by atoms with E-state index in [4.69, 9.17) is 14.2 Å². The number of aliphatic carboxylic acids is 1. The third-order valence-corrected chi connectivity index (χ3v) is 9.09. The number of hydrogen-bond donors (Lipinski definition) is 1. The number of rotatable bonds is 37. The Hall–Kier alpha value is -3.23. The van der Waals surface area contributed by atoms with Gasteiger partial charge in [0.05, 0.1) is 34.4 Å². The van der Waals surface area contributed by atoms with Crippen molar-refractivity contribution in [3.63, 3.8) is 0 Å². The molecule has 0 saturated heterocycles. The zero-order valence-electron chi connectivity index (χ0n) is 35.6. The number of unbranched alkanes of at least 4 members (excludes halogenated alkanes) is 11. The van der Waals surface area contributed by atoms with E-state index < -0.39 is 18.1 Å². The largest absolute Gasteiger partial charge is 0.477 e. The van der Waals surface area contributed by atoms with Crippen molar-refractivity contribution in [2.24, 2.45) is 0 Å². The second kappa shape index (κ2) is 37.7. The molecule has 2 atom stereocenters. The second-order valence-corrected chi connectivity index (χ2v) is 15.2. The molecule has 0 radical (unpaired) electrons. The van der Waals surface area contributed by atoms with Crippen LogP contribution in [0, 0.1) is 0 Å². The number of esters is 2. The zero-order valence-corrected chi connectivity index (χ0v) is 35.6. The van der Waals surface area contributed by atoms with Crippen LogP contribution in [0.5, 0.6) is 0 Å². The minimum absolute atomic E-state index is 0.0413. The SMILES string of the molecule is CC/C=C/C/C=C/C/C=C/C/C=C/C/C=C/CCCCCC(=O)OC(COCCC(C(=O)O)[N+](C)(C)C)COC(=O)CCCCCCC/C=C/CCCCC. The Bertz CT molecular complexity index is 1130. The smallest absolute Gasteiger partial charge is 0.362 e. The van der Waals surface area contributed by atoms with Gasteiger partial charge in [0.2, 0.25) is 0 Å². The first-order valence-electron chi connectivity index (χ1n) is 21.5. The van der Waals surface area contributed by atoms with Gasteiger partial charge in [-0.3, -0.25) is 9.59 Å². The van der Waals surface area contributed by atoms with Gasteiger partial charge in [0.15, 0.2) is 12.1 Å². The number of carbonyl (C=O) groups is 3. The van der Waals surface area contributed by atoms with E-state index in [9.17, 15) is 19.5 Å². The third kappa shape index (κ3) is 36.2. The molecule has 0 spiro atoms. The molecule has 0 amide bonds. The molecule has 0 saturated carbocycles. The van der Waals surface area contributed by atoms with E-state index in [1.54, 1.807) is 0 Å². The minimum atomic E-state index is -0.885. The highest BCUT2D eigenvalue weighted by Crippen LogP contribution is 2.12. The number of carbonyl (C=O) groups excluding carboxylic acids is 2. The van der Waals surface area contributed by atoms with Crippen LogP contribution >= 0.6 is 0 Å². The van der Waals surface area contributed by atoms with Crippen LogP contribution in [-0.4, -0.2) is 80.6 Å². The van der Waals surface area contributed by atoms with Gasteiger partial charge >= 0.3 is 17.9 Å². The molecule has 0 aliphatic carbocycles. The van der Waals surface area contributed by atoms with Crippen molar-refractivity contribution in [2.75, 3.05) is 41.0 Å². The summed E-state index contributed by atoms with van der Waals surface area (Å²) in [7, 11) is 5.50. The van der Waals surface area contributed by atoms with Gasteiger partial charge in [-0.15, -0.1) is 0 Å². The summed E-state index contributed by atoms with van der Waals surface area (Å²) in [5.74, 6) is -1.53. The maximum atomic E-state index is 12.7. The van der Waals surface area contributed by atoms with Gasteiger partial charge in [-0.25, -0.2) is 4.79 Å². The van der Waals surface area contributed by atoms with Crippen LogP contribution < -0.4 is 0 Å². The Morgan fingerprint density at radius 3 is 1.55 bits per heavy atom. The summed E-state index contributed by atoms with van der Waals surface area (Å²) in [6, 6.07) is -0.625. The third-order valence-electron chi connectivity index (χ3n) is 9.09. The molecule has 0 aliphatic rings. The fourth-order valence-electron chi connectivity index (χ4n) is 5.76. The first kappa shape index (κ1) is 51.8. The fourth-order valence-corrected chi connectivity index (χ4v) is 5.76. The lowest BCUT2D eigenvalue weighted by Crippen LogP contribution is -2.50. The molecule has 8 nitrogen and oxygen atoms in total. The number of nitrogens with zero attached hydrogens (tertiary/aromatic N) is 1. The monoisotopic (exact) mass is 771 g/mol. The summed E-state index contributed by atoms with van der Waals surface area (Å²) in [6.45, 7) is 4.53. The minimum Gasteiger partial charge on any atom is -0.477 e. The number of quaternary nitrogens is 1. The molecule has 0 heterocycles. The van der Waals surface area contributed by atoms with Gasteiger partial charge in [0.1, 0.15) is 6.61 Å². The molecule has 0 aromatic rings. The molecule has 1 N–H and O–H groups in total. The van der Waals surface area contributed by atoms with E-state index in [2.05, 4.69) is 86.8 Å². The number of allylic oxidation sites excluding steroid dienone is 12. The molecular weight excluding hydrogens is 691 g/mol. The molecule has 0 aromatic carbocycles. The molecule has 55 heavy (non-hydrogen) atoms.